The van der Waals surface area contributed by atoms with Gasteiger partial charge in [-0.3, -0.25) is 4.57 Å². The predicted molar refractivity (Wildman–Crippen MR) is 31.8 cm³/mol. The number of hydrogen-bond acceptors (Lipinski definition) is 4. The molecule has 0 fully saturated rings. The van der Waals surface area contributed by atoms with Gasteiger partial charge in [0.25, 0.3) is 0 Å². The number of nitrogens with two attached hydrogens (primary N) is 1. The zero-order chi connectivity index (χ0) is 8.36. The zero-order valence-electron chi connectivity index (χ0n) is 5.22. The molecule has 0 saturated heterocycles. The number of carbonyl (C=O) groups is 1. The summed E-state index contributed by atoms with van der Waals surface area (Å²) in [6, 6.07) is 0. The van der Waals surface area contributed by atoms with E-state index in [0.717, 1.165) is 6.92 Å². The molecule has 0 saturated carbocycles. The van der Waals surface area contributed by atoms with Gasteiger partial charge in [0, 0.05) is 0 Å². The summed E-state index contributed by atoms with van der Waals surface area (Å²) >= 11 is 0. The summed E-state index contributed by atoms with van der Waals surface area (Å²) < 4.78 is 10.3. The van der Waals surface area contributed by atoms with Gasteiger partial charge in [0.15, 0.2) is 5.66 Å². The van der Waals surface area contributed by atoms with Crippen molar-refractivity contribution < 1.29 is 24.0 Å². The first-order valence-electron chi connectivity index (χ1n) is 2.35. The van der Waals surface area contributed by atoms with Crippen molar-refractivity contribution >= 4 is 13.6 Å². The van der Waals surface area contributed by atoms with Crippen LogP contribution >= 0.6 is 7.60 Å². The first kappa shape index (κ1) is 9.58. The molecule has 0 aromatic carbocycles. The van der Waals surface area contributed by atoms with Gasteiger partial charge in [0.2, 0.25) is 0 Å². The first-order chi connectivity index (χ1) is 4.39. The van der Waals surface area contributed by atoms with Crippen molar-refractivity contribution in [1.82, 2.24) is 0 Å². The minimum atomic E-state index is -4.38. The van der Waals surface area contributed by atoms with Crippen LogP contribution in [0.1, 0.15) is 6.92 Å². The van der Waals surface area contributed by atoms with Gasteiger partial charge >= 0.3 is 13.6 Å². The van der Waals surface area contributed by atoms with E-state index in [0.29, 0.717) is 0 Å². The number of hydrogen-bond donors (Lipinski definition) is 3. The van der Waals surface area contributed by atoms with Crippen molar-refractivity contribution in [1.29, 1.82) is 0 Å². The van der Waals surface area contributed by atoms with Gasteiger partial charge in [-0.15, -0.1) is 0 Å². The minimum absolute atomic E-state index is 1.04. The Kier molecular flexibility index (Phi) is 2.98. The summed E-state index contributed by atoms with van der Waals surface area (Å²) in [5.74, 6) is 3.26. The summed E-state index contributed by atoms with van der Waals surface area (Å²) in [5.41, 5.74) is -1.49. The molecule has 0 aliphatic rings. The first-order valence-corrected chi connectivity index (χ1v) is 4.03. The molecule has 1 atom stereocenters. The van der Waals surface area contributed by atoms with Crippen molar-refractivity contribution in [3.8, 4) is 0 Å². The minimum Gasteiger partial charge on any atom is -0.373 e. The lowest BCUT2D eigenvalue weighted by atomic mass is 10.5. The van der Waals surface area contributed by atoms with Gasteiger partial charge in [0.1, 0.15) is 0 Å². The van der Waals surface area contributed by atoms with Crippen LogP contribution < -0.4 is 5.90 Å². The zero-order valence-corrected chi connectivity index (χ0v) is 6.12. The number of rotatable bonds is 2. The number of carbonyl (C=O) groups excluding carboxylic acids is 1. The second-order valence-corrected chi connectivity index (χ2v) is 3.65. The third kappa shape index (κ3) is 2.45. The maximum atomic E-state index is 10.3. The highest BCUT2D eigenvalue weighted by atomic mass is 31.2. The van der Waals surface area contributed by atoms with E-state index in [1.54, 1.807) is 0 Å². The van der Waals surface area contributed by atoms with Gasteiger partial charge < -0.3 is 14.6 Å². The van der Waals surface area contributed by atoms with Crippen LogP contribution in [0.25, 0.3) is 0 Å². The SMILES string of the molecule is CC(C(=O)ON)P(=O)(O)O. The third-order valence-corrected chi connectivity index (χ3v) is 2.18. The Morgan fingerprint density at radius 3 is 2.20 bits per heavy atom. The Hall–Kier alpha value is -0.420. The molecular weight excluding hydrogens is 161 g/mol. The topological polar surface area (TPSA) is 110 Å². The Morgan fingerprint density at radius 2 is 2.10 bits per heavy atom. The molecule has 60 valence electrons. The van der Waals surface area contributed by atoms with Crippen molar-refractivity contribution in [3.05, 3.63) is 0 Å². The van der Waals surface area contributed by atoms with Gasteiger partial charge in [0.05, 0.1) is 0 Å². The highest BCUT2D eigenvalue weighted by Gasteiger charge is 2.32. The fraction of sp³-hybridized carbons (Fsp3) is 0.667. The molecule has 0 aromatic rings. The smallest absolute Gasteiger partial charge is 0.339 e. The Bertz CT molecular complexity index is 174. The van der Waals surface area contributed by atoms with Crippen molar-refractivity contribution in [2.45, 2.75) is 12.6 Å². The molecule has 7 heteroatoms. The molecule has 1 unspecified atom stereocenters. The predicted octanol–water partition coefficient (Wildman–Crippen LogP) is -1.03. The van der Waals surface area contributed by atoms with E-state index in [-0.39, 0.29) is 0 Å². The van der Waals surface area contributed by atoms with Crippen LogP contribution in [0.5, 0.6) is 0 Å². The van der Waals surface area contributed by atoms with E-state index < -0.39 is 19.2 Å². The lowest BCUT2D eigenvalue weighted by Gasteiger charge is -2.08. The van der Waals surface area contributed by atoms with Gasteiger partial charge in [-0.25, -0.2) is 4.79 Å². The van der Waals surface area contributed by atoms with Crippen LogP contribution in [0.2, 0.25) is 0 Å². The quantitative estimate of drug-likeness (QED) is 0.360. The molecule has 0 heterocycles. The average Bonchev–Trinajstić information content (AvgIpc) is 1.83. The third-order valence-electron chi connectivity index (χ3n) is 0.962. The molecule has 0 rings (SSSR count). The van der Waals surface area contributed by atoms with Crippen molar-refractivity contribution in [2.75, 3.05) is 0 Å². The molecule has 0 aromatic heterocycles. The molecule has 0 aliphatic carbocycles. The van der Waals surface area contributed by atoms with Crippen molar-refractivity contribution in [2.24, 2.45) is 5.90 Å². The lowest BCUT2D eigenvalue weighted by Crippen LogP contribution is -2.22. The normalized spacial score (nSPS) is 14.4. The van der Waals surface area contributed by atoms with E-state index in [2.05, 4.69) is 10.7 Å². The molecular formula is C3H8NO5P. The lowest BCUT2D eigenvalue weighted by molar-refractivity contribution is -0.143. The highest BCUT2D eigenvalue weighted by molar-refractivity contribution is 7.53. The van der Waals surface area contributed by atoms with Crippen LogP contribution in [0.4, 0.5) is 0 Å². The Balaban J connectivity index is 4.23. The fourth-order valence-corrected chi connectivity index (χ4v) is 0.571. The Labute approximate surface area is 57.1 Å². The van der Waals surface area contributed by atoms with Gasteiger partial charge in [-0.2, -0.15) is 5.90 Å². The van der Waals surface area contributed by atoms with E-state index >= 15 is 0 Å². The van der Waals surface area contributed by atoms with Crippen LogP contribution in [0.15, 0.2) is 0 Å². The van der Waals surface area contributed by atoms with Crippen LogP contribution in [0.3, 0.4) is 0 Å². The monoisotopic (exact) mass is 169 g/mol. The van der Waals surface area contributed by atoms with E-state index in [4.69, 9.17) is 9.79 Å². The summed E-state index contributed by atoms with van der Waals surface area (Å²) in [5, 5.41) is 0. The molecule has 6 nitrogen and oxygen atoms in total. The molecule has 10 heavy (non-hydrogen) atoms. The summed E-state index contributed by atoms with van der Waals surface area (Å²) in [6.45, 7) is 1.04. The molecule has 0 bridgehead atoms. The molecule has 0 amide bonds. The van der Waals surface area contributed by atoms with Crippen LogP contribution in [-0.2, 0) is 14.2 Å². The molecule has 0 spiro atoms. The summed E-state index contributed by atoms with van der Waals surface area (Å²) in [4.78, 5) is 30.6. The summed E-state index contributed by atoms with van der Waals surface area (Å²) in [7, 11) is -4.38. The molecule has 0 radical (unpaired) electrons. The van der Waals surface area contributed by atoms with Crippen LogP contribution in [0, 0.1) is 0 Å². The molecule has 0 aliphatic heterocycles. The standard InChI is InChI=1S/C3H8NO5P/c1-2(3(5)9-4)10(6,7)8/h2H,4H2,1H3,(H2,6,7,8). The maximum absolute atomic E-state index is 10.3. The summed E-state index contributed by atoms with van der Waals surface area (Å²) in [6.07, 6.45) is 0. The van der Waals surface area contributed by atoms with Crippen LogP contribution in [-0.4, -0.2) is 21.4 Å². The van der Waals surface area contributed by atoms with Gasteiger partial charge in [-0.05, 0) is 6.92 Å². The van der Waals surface area contributed by atoms with E-state index in [1.807, 2.05) is 0 Å². The van der Waals surface area contributed by atoms with E-state index in [1.165, 1.54) is 0 Å². The maximum Gasteiger partial charge on any atom is 0.339 e. The fourth-order valence-electron chi connectivity index (χ4n) is 0.236. The Morgan fingerprint density at radius 1 is 1.70 bits per heavy atom. The van der Waals surface area contributed by atoms with E-state index in [9.17, 15) is 9.36 Å². The average molecular weight is 169 g/mol. The highest BCUT2D eigenvalue weighted by Crippen LogP contribution is 2.40. The second kappa shape index (κ2) is 3.12. The van der Waals surface area contributed by atoms with Crippen molar-refractivity contribution in [3.63, 3.8) is 0 Å². The molecule has 4 N–H and O–H groups in total. The van der Waals surface area contributed by atoms with Gasteiger partial charge in [-0.1, -0.05) is 0 Å². The largest absolute Gasteiger partial charge is 0.373 e. The second-order valence-electron chi connectivity index (χ2n) is 1.70.